The van der Waals surface area contributed by atoms with E-state index in [9.17, 15) is 4.79 Å². The van der Waals surface area contributed by atoms with Crippen molar-refractivity contribution in [2.75, 3.05) is 13.1 Å². The highest BCUT2D eigenvalue weighted by molar-refractivity contribution is 7.40. The Morgan fingerprint density at radius 3 is 2.64 bits per heavy atom. The first-order valence-corrected chi connectivity index (χ1v) is 4.59. The summed E-state index contributed by atoms with van der Waals surface area (Å²) in [4.78, 5) is 11.0. The van der Waals surface area contributed by atoms with E-state index < -0.39 is 0 Å². The van der Waals surface area contributed by atoms with Crippen LogP contribution in [-0.4, -0.2) is 18.6 Å². The van der Waals surface area contributed by atoms with Gasteiger partial charge in [-0.15, -0.1) is 0 Å². The summed E-state index contributed by atoms with van der Waals surface area (Å²) in [5, 5.41) is 3.27. The van der Waals surface area contributed by atoms with Crippen LogP contribution in [0.3, 0.4) is 0 Å². The van der Waals surface area contributed by atoms with Crippen LogP contribution in [0.1, 0.15) is 20.3 Å². The van der Waals surface area contributed by atoms with Crippen molar-refractivity contribution in [3.05, 3.63) is 0 Å². The smallest absolute Gasteiger partial charge is 0.152 e. The lowest BCUT2D eigenvalue weighted by Crippen LogP contribution is -2.42. The largest absolute Gasteiger partial charge is 0.315 e. The third kappa shape index (κ3) is 2.53. The molecule has 0 radical (unpaired) electrons. The van der Waals surface area contributed by atoms with Crippen molar-refractivity contribution >= 4 is 14.8 Å². The number of carbonyl (C=O) groups is 1. The molecule has 0 aromatic carbocycles. The molecule has 1 aliphatic heterocycles. The number of piperidine rings is 1. The van der Waals surface area contributed by atoms with E-state index in [1.165, 1.54) is 0 Å². The lowest BCUT2D eigenvalue weighted by atomic mass is 9.80. The first-order chi connectivity index (χ1) is 5.01. The fourth-order valence-electron chi connectivity index (χ4n) is 1.60. The Morgan fingerprint density at radius 2 is 2.27 bits per heavy atom. The van der Waals surface area contributed by atoms with Gasteiger partial charge in [0, 0.05) is 19.0 Å². The summed E-state index contributed by atoms with van der Waals surface area (Å²) in [6, 6.07) is 0. The van der Waals surface area contributed by atoms with Crippen molar-refractivity contribution in [1.29, 1.82) is 0 Å². The lowest BCUT2D eigenvalue weighted by molar-refractivity contribution is -0.115. The van der Waals surface area contributed by atoms with E-state index in [4.69, 9.17) is 0 Å². The molecule has 0 saturated carbocycles. The molecule has 1 saturated heterocycles. The van der Waals surface area contributed by atoms with E-state index in [-0.39, 0.29) is 16.9 Å². The minimum absolute atomic E-state index is 0.212. The van der Waals surface area contributed by atoms with E-state index in [0.717, 1.165) is 19.5 Å². The minimum Gasteiger partial charge on any atom is -0.315 e. The van der Waals surface area contributed by atoms with Gasteiger partial charge >= 0.3 is 0 Å². The van der Waals surface area contributed by atoms with Crippen LogP contribution in [0.5, 0.6) is 0 Å². The molecule has 0 amide bonds. The second-order valence-corrected chi connectivity index (χ2v) is 4.67. The van der Waals surface area contributed by atoms with Gasteiger partial charge in [0.1, 0.15) is 0 Å². The average molecular weight is 173 g/mol. The van der Waals surface area contributed by atoms with E-state index in [1.54, 1.807) is 0 Å². The van der Waals surface area contributed by atoms with E-state index >= 15 is 0 Å². The third-order valence-corrected chi connectivity index (χ3v) is 2.67. The van der Waals surface area contributed by atoms with Crippen LogP contribution < -0.4 is 5.32 Å². The predicted octanol–water partition coefficient (Wildman–Crippen LogP) is 1.02. The molecule has 0 bridgehead atoms. The van der Waals surface area contributed by atoms with Gasteiger partial charge in [0.05, 0.1) is 0 Å². The number of carbonyl (C=O) groups excluding carboxylic acids is 1. The predicted molar refractivity (Wildman–Crippen MR) is 49.5 cm³/mol. The highest BCUT2D eigenvalue weighted by atomic mass is 31.0. The number of rotatable bonds is 1. The van der Waals surface area contributed by atoms with Gasteiger partial charge in [-0.3, -0.25) is 4.79 Å². The molecule has 3 heteroatoms. The van der Waals surface area contributed by atoms with Gasteiger partial charge in [-0.05, 0) is 11.8 Å². The zero-order chi connectivity index (χ0) is 8.48. The fourth-order valence-corrected chi connectivity index (χ4v) is 1.83. The van der Waals surface area contributed by atoms with Gasteiger partial charge in [-0.1, -0.05) is 23.1 Å². The second kappa shape index (κ2) is 3.20. The zero-order valence-corrected chi connectivity index (χ0v) is 8.34. The van der Waals surface area contributed by atoms with Crippen molar-refractivity contribution in [3.63, 3.8) is 0 Å². The lowest BCUT2D eigenvalue weighted by Gasteiger charge is -2.34. The summed E-state index contributed by atoms with van der Waals surface area (Å²) in [5.41, 5.74) is 0.528. The summed E-state index contributed by atoms with van der Waals surface area (Å²) < 4.78 is 0. The van der Waals surface area contributed by atoms with Crippen LogP contribution in [0.2, 0.25) is 0 Å². The van der Waals surface area contributed by atoms with Crippen molar-refractivity contribution in [2.45, 2.75) is 20.3 Å². The summed E-state index contributed by atoms with van der Waals surface area (Å²) in [7, 11) is 2.28. The van der Waals surface area contributed by atoms with Gasteiger partial charge in [-0.2, -0.15) is 0 Å². The molecule has 1 N–H and O–H groups in total. The van der Waals surface area contributed by atoms with Crippen LogP contribution in [-0.2, 0) is 4.79 Å². The molecule has 1 aliphatic rings. The molecule has 2 nitrogen and oxygen atoms in total. The normalized spacial score (nSPS) is 29.9. The van der Waals surface area contributed by atoms with Crippen LogP contribution >= 0.6 is 9.24 Å². The molecule has 0 spiro atoms. The molecular weight excluding hydrogens is 157 g/mol. The fraction of sp³-hybridized carbons (Fsp3) is 0.875. The Morgan fingerprint density at radius 1 is 1.64 bits per heavy atom. The first-order valence-electron chi connectivity index (χ1n) is 4.01. The third-order valence-electron chi connectivity index (χ3n) is 2.20. The topological polar surface area (TPSA) is 29.1 Å². The molecule has 1 fully saturated rings. The van der Waals surface area contributed by atoms with Crippen LogP contribution in [0, 0.1) is 11.3 Å². The van der Waals surface area contributed by atoms with Crippen LogP contribution in [0.15, 0.2) is 0 Å². The average Bonchev–Trinajstić information content (AvgIpc) is 1.85. The molecule has 1 heterocycles. The van der Waals surface area contributed by atoms with E-state index in [0.29, 0.717) is 0 Å². The van der Waals surface area contributed by atoms with Gasteiger partial charge < -0.3 is 5.32 Å². The maximum atomic E-state index is 11.0. The van der Waals surface area contributed by atoms with Crippen LogP contribution in [0.4, 0.5) is 0 Å². The molecule has 11 heavy (non-hydrogen) atoms. The second-order valence-electron chi connectivity index (χ2n) is 4.10. The molecule has 1 rings (SSSR count). The Balaban J connectivity index is 2.53. The maximum Gasteiger partial charge on any atom is 0.152 e. The zero-order valence-electron chi connectivity index (χ0n) is 7.18. The maximum absolute atomic E-state index is 11.0. The quantitative estimate of drug-likeness (QED) is 0.600. The van der Waals surface area contributed by atoms with E-state index in [1.807, 2.05) is 0 Å². The van der Waals surface area contributed by atoms with Crippen molar-refractivity contribution in [3.8, 4) is 0 Å². The Bertz CT molecular complexity index is 167. The molecule has 2 atom stereocenters. The Hall–Kier alpha value is 0.0600. The summed E-state index contributed by atoms with van der Waals surface area (Å²) in [5.74, 6) is 0.212. The SMILES string of the molecule is CC1(C)CNCC(C(=O)P)C1. The monoisotopic (exact) mass is 173 g/mol. The molecule has 0 aliphatic carbocycles. The molecule has 64 valence electrons. The summed E-state index contributed by atoms with van der Waals surface area (Å²) in [6.45, 7) is 6.27. The molecule has 0 aromatic rings. The van der Waals surface area contributed by atoms with E-state index in [2.05, 4.69) is 28.4 Å². The Kier molecular flexibility index (Phi) is 2.66. The van der Waals surface area contributed by atoms with Crippen molar-refractivity contribution in [2.24, 2.45) is 11.3 Å². The van der Waals surface area contributed by atoms with Crippen molar-refractivity contribution < 1.29 is 4.79 Å². The Labute approximate surface area is 70.3 Å². The van der Waals surface area contributed by atoms with Crippen molar-refractivity contribution in [1.82, 2.24) is 5.32 Å². The standard InChI is InChI=1S/C8H16NOP/c1-8(2)3-6(7(10)11)4-9-5-8/h6,9H,3-5,11H2,1-2H3. The number of nitrogens with one attached hydrogen (secondary N) is 1. The van der Waals surface area contributed by atoms with Gasteiger partial charge in [0.25, 0.3) is 0 Å². The highest BCUT2D eigenvalue weighted by Crippen LogP contribution is 2.29. The molecule has 0 aromatic heterocycles. The van der Waals surface area contributed by atoms with Crippen LogP contribution in [0.25, 0.3) is 0 Å². The number of hydrogen-bond acceptors (Lipinski definition) is 2. The highest BCUT2D eigenvalue weighted by Gasteiger charge is 2.29. The summed E-state index contributed by atoms with van der Waals surface area (Å²) in [6.07, 6.45) is 1.02. The van der Waals surface area contributed by atoms with Gasteiger partial charge in [0.15, 0.2) is 5.52 Å². The first kappa shape index (κ1) is 9.15. The minimum atomic E-state index is 0.212. The van der Waals surface area contributed by atoms with Gasteiger partial charge in [0.2, 0.25) is 0 Å². The molecule has 2 unspecified atom stereocenters. The van der Waals surface area contributed by atoms with Gasteiger partial charge in [-0.25, -0.2) is 0 Å². The number of hydrogen-bond donors (Lipinski definition) is 1. The molecular formula is C8H16NOP. The summed E-state index contributed by atoms with van der Waals surface area (Å²) >= 11 is 0.